The molecular weight excluding hydrogens is 346 g/mol. The number of fused-ring (bicyclic) bond motifs is 1. The molecule has 1 amide bonds. The van der Waals surface area contributed by atoms with Crippen molar-refractivity contribution in [2.75, 3.05) is 26.3 Å². The molecule has 0 radical (unpaired) electrons. The molecule has 0 bridgehead atoms. The summed E-state index contributed by atoms with van der Waals surface area (Å²) in [6.07, 6.45) is 2.14. The number of benzene rings is 2. The van der Waals surface area contributed by atoms with Crippen LogP contribution in [-0.2, 0) is 11.3 Å². The van der Waals surface area contributed by atoms with Crippen molar-refractivity contribution in [3.8, 4) is 11.5 Å². The molecule has 2 aromatic rings. The van der Waals surface area contributed by atoms with Crippen molar-refractivity contribution in [1.29, 1.82) is 0 Å². The molecule has 1 fully saturated rings. The highest BCUT2D eigenvalue weighted by atomic mass is 16.6. The van der Waals surface area contributed by atoms with Gasteiger partial charge in [-0.2, -0.15) is 0 Å². The van der Waals surface area contributed by atoms with Gasteiger partial charge in [0.15, 0.2) is 11.5 Å². The van der Waals surface area contributed by atoms with Crippen molar-refractivity contribution in [2.24, 2.45) is 0 Å². The van der Waals surface area contributed by atoms with Gasteiger partial charge in [-0.05, 0) is 48.7 Å². The van der Waals surface area contributed by atoms with E-state index in [-0.39, 0.29) is 12.5 Å². The highest BCUT2D eigenvalue weighted by Crippen LogP contribution is 2.31. The van der Waals surface area contributed by atoms with Crippen molar-refractivity contribution < 1.29 is 23.8 Å². The van der Waals surface area contributed by atoms with Crippen molar-refractivity contribution in [3.05, 3.63) is 59.2 Å². The number of rotatable bonds is 4. The van der Waals surface area contributed by atoms with E-state index in [4.69, 9.17) is 14.2 Å². The number of hydrogen-bond donors (Lipinski definition) is 0. The van der Waals surface area contributed by atoms with Gasteiger partial charge in [-0.15, -0.1) is 0 Å². The Hall–Kier alpha value is -3.02. The number of amides is 1. The molecule has 2 aliphatic rings. The summed E-state index contributed by atoms with van der Waals surface area (Å²) in [4.78, 5) is 26.5. The van der Waals surface area contributed by atoms with Gasteiger partial charge in [-0.3, -0.25) is 4.79 Å². The van der Waals surface area contributed by atoms with Crippen molar-refractivity contribution in [2.45, 2.75) is 19.4 Å². The normalized spacial score (nSPS) is 15.5. The molecule has 4 rings (SSSR count). The molecule has 6 nitrogen and oxygen atoms in total. The highest BCUT2D eigenvalue weighted by Gasteiger charge is 2.19. The molecule has 0 N–H and O–H groups in total. The molecule has 2 aromatic carbocycles. The van der Waals surface area contributed by atoms with Crippen LogP contribution in [0.1, 0.15) is 39.1 Å². The lowest BCUT2D eigenvalue weighted by atomic mass is 10.1. The van der Waals surface area contributed by atoms with Crippen LogP contribution in [0, 0.1) is 0 Å². The minimum absolute atomic E-state index is 0.0623. The molecule has 27 heavy (non-hydrogen) atoms. The monoisotopic (exact) mass is 367 g/mol. The molecule has 2 heterocycles. The zero-order valence-corrected chi connectivity index (χ0v) is 15.0. The zero-order chi connectivity index (χ0) is 18.6. The van der Waals surface area contributed by atoms with Gasteiger partial charge in [0, 0.05) is 18.7 Å². The lowest BCUT2D eigenvalue weighted by molar-refractivity contribution is 0.0471. The van der Waals surface area contributed by atoms with Gasteiger partial charge in [-0.25, -0.2) is 4.79 Å². The Morgan fingerprint density at radius 3 is 2.30 bits per heavy atom. The fraction of sp³-hybridized carbons (Fsp3) is 0.333. The van der Waals surface area contributed by atoms with Crippen LogP contribution in [-0.4, -0.2) is 43.1 Å². The van der Waals surface area contributed by atoms with E-state index in [1.807, 2.05) is 17.0 Å². The molecule has 0 spiro atoms. The Balaban J connectivity index is 1.35. The van der Waals surface area contributed by atoms with Gasteiger partial charge in [0.25, 0.3) is 5.91 Å². The van der Waals surface area contributed by atoms with Crippen LogP contribution in [0.15, 0.2) is 42.5 Å². The van der Waals surface area contributed by atoms with E-state index in [1.165, 1.54) is 0 Å². The summed E-state index contributed by atoms with van der Waals surface area (Å²) in [5.74, 6) is 0.827. The topological polar surface area (TPSA) is 65.1 Å². The highest BCUT2D eigenvalue weighted by molar-refractivity contribution is 5.94. The van der Waals surface area contributed by atoms with Gasteiger partial charge in [-0.1, -0.05) is 12.1 Å². The first-order chi connectivity index (χ1) is 13.2. The second kappa shape index (κ2) is 7.70. The number of ether oxygens (including phenoxy) is 3. The van der Waals surface area contributed by atoms with Gasteiger partial charge in [0.2, 0.25) is 0 Å². The smallest absolute Gasteiger partial charge is 0.338 e. The summed E-state index contributed by atoms with van der Waals surface area (Å²) in [5.41, 5.74) is 1.91. The van der Waals surface area contributed by atoms with E-state index in [1.54, 1.807) is 30.3 Å². The van der Waals surface area contributed by atoms with E-state index in [9.17, 15) is 9.59 Å². The van der Waals surface area contributed by atoms with E-state index in [0.29, 0.717) is 35.8 Å². The average molecular weight is 367 g/mol. The number of esters is 1. The lowest BCUT2D eigenvalue weighted by Gasteiger charge is -2.18. The second-order valence-corrected chi connectivity index (χ2v) is 6.63. The van der Waals surface area contributed by atoms with Crippen LogP contribution in [0.2, 0.25) is 0 Å². The number of nitrogens with zero attached hydrogens (tertiary/aromatic N) is 1. The third-order valence-electron chi connectivity index (χ3n) is 4.74. The second-order valence-electron chi connectivity index (χ2n) is 6.63. The number of hydrogen-bond acceptors (Lipinski definition) is 5. The number of carbonyl (C=O) groups excluding carboxylic acids is 2. The summed E-state index contributed by atoms with van der Waals surface area (Å²) in [5, 5.41) is 0. The molecule has 0 atom stereocenters. The maximum absolute atomic E-state index is 12.3. The van der Waals surface area contributed by atoms with E-state index >= 15 is 0 Å². The molecule has 0 aliphatic carbocycles. The third-order valence-corrected chi connectivity index (χ3v) is 4.74. The predicted molar refractivity (Wildman–Crippen MR) is 98.1 cm³/mol. The molecule has 1 saturated heterocycles. The minimum Gasteiger partial charge on any atom is -0.486 e. The SMILES string of the molecule is O=C(OCc1ccc(C(=O)N2CCCC2)cc1)c1ccc2c(c1)OCCO2. The summed E-state index contributed by atoms with van der Waals surface area (Å²) in [6, 6.07) is 12.2. The number of likely N-dealkylation sites (tertiary alicyclic amines) is 1. The lowest BCUT2D eigenvalue weighted by Crippen LogP contribution is -2.27. The molecule has 140 valence electrons. The Kier molecular flexibility index (Phi) is 4.96. The third kappa shape index (κ3) is 3.89. The molecule has 6 heteroatoms. The predicted octanol–water partition coefficient (Wildman–Crippen LogP) is 3.05. The van der Waals surface area contributed by atoms with Crippen LogP contribution in [0.3, 0.4) is 0 Å². The molecular formula is C21H21NO5. The van der Waals surface area contributed by atoms with Crippen LogP contribution in [0.5, 0.6) is 11.5 Å². The van der Waals surface area contributed by atoms with Crippen LogP contribution in [0.4, 0.5) is 0 Å². The summed E-state index contributed by atoms with van der Waals surface area (Å²) >= 11 is 0. The summed E-state index contributed by atoms with van der Waals surface area (Å²) in [7, 11) is 0. The average Bonchev–Trinajstić information content (AvgIpc) is 3.26. The van der Waals surface area contributed by atoms with Gasteiger partial charge < -0.3 is 19.1 Å². The molecule has 2 aliphatic heterocycles. The first-order valence-electron chi connectivity index (χ1n) is 9.16. The molecule has 0 unspecified atom stereocenters. The van der Waals surface area contributed by atoms with Crippen LogP contribution in [0.25, 0.3) is 0 Å². The van der Waals surface area contributed by atoms with Crippen molar-refractivity contribution in [3.63, 3.8) is 0 Å². The largest absolute Gasteiger partial charge is 0.486 e. The summed E-state index contributed by atoms with van der Waals surface area (Å²) in [6.45, 7) is 2.77. The quantitative estimate of drug-likeness (QED) is 0.777. The summed E-state index contributed by atoms with van der Waals surface area (Å²) < 4.78 is 16.3. The van der Waals surface area contributed by atoms with Gasteiger partial charge in [0.05, 0.1) is 5.56 Å². The van der Waals surface area contributed by atoms with Crippen LogP contribution < -0.4 is 9.47 Å². The maximum Gasteiger partial charge on any atom is 0.338 e. The Labute approximate surface area is 157 Å². The fourth-order valence-electron chi connectivity index (χ4n) is 3.25. The molecule has 0 saturated carbocycles. The van der Waals surface area contributed by atoms with Crippen LogP contribution >= 0.6 is 0 Å². The Morgan fingerprint density at radius 2 is 1.56 bits per heavy atom. The van der Waals surface area contributed by atoms with E-state index < -0.39 is 5.97 Å². The van der Waals surface area contributed by atoms with E-state index in [0.717, 1.165) is 31.5 Å². The van der Waals surface area contributed by atoms with Crippen molar-refractivity contribution >= 4 is 11.9 Å². The minimum atomic E-state index is -0.427. The standard InChI is InChI=1S/C21H21NO5/c23-20(22-9-1-2-10-22)16-5-3-15(4-6-16)14-27-21(24)17-7-8-18-19(13-17)26-12-11-25-18/h3-8,13H,1-2,9-12,14H2. The fourth-order valence-corrected chi connectivity index (χ4v) is 3.25. The maximum atomic E-state index is 12.3. The van der Waals surface area contributed by atoms with E-state index in [2.05, 4.69) is 0 Å². The Morgan fingerprint density at radius 1 is 0.889 bits per heavy atom. The molecule has 0 aromatic heterocycles. The zero-order valence-electron chi connectivity index (χ0n) is 15.0. The van der Waals surface area contributed by atoms with Crippen molar-refractivity contribution in [1.82, 2.24) is 4.90 Å². The first kappa shape index (κ1) is 17.4. The first-order valence-corrected chi connectivity index (χ1v) is 9.16. The van der Waals surface area contributed by atoms with Gasteiger partial charge >= 0.3 is 5.97 Å². The van der Waals surface area contributed by atoms with Gasteiger partial charge in [0.1, 0.15) is 19.8 Å². The number of carbonyl (C=O) groups is 2. The Bertz CT molecular complexity index is 840.